The van der Waals surface area contributed by atoms with Crippen molar-refractivity contribution in [3.63, 3.8) is 0 Å². The van der Waals surface area contributed by atoms with E-state index in [4.69, 9.17) is 0 Å². The Bertz CT molecular complexity index is 2800. The number of nitrogens with zero attached hydrogens (tertiary/aromatic N) is 4. The van der Waals surface area contributed by atoms with E-state index in [0.29, 0.717) is 21.5 Å². The Morgan fingerprint density at radius 3 is 0.984 bits per heavy atom. The highest BCUT2D eigenvalue weighted by Crippen LogP contribution is 2.38. The fraction of sp³-hybridized carbons (Fsp3) is 0.214. The number of pyridine rings is 2. The minimum absolute atomic E-state index is 0.0218. The summed E-state index contributed by atoms with van der Waals surface area (Å²) < 4.78 is 4.61. The van der Waals surface area contributed by atoms with Crippen LogP contribution in [0.4, 0.5) is 34.1 Å². The van der Waals surface area contributed by atoms with Crippen LogP contribution >= 0.6 is 0 Å². The van der Waals surface area contributed by atoms with Gasteiger partial charge in [0.25, 0.3) is 0 Å². The van der Waals surface area contributed by atoms with Gasteiger partial charge in [-0.15, -0.1) is 0 Å². The monoisotopic (exact) mass is 814 g/mol. The fourth-order valence-electron chi connectivity index (χ4n) is 9.18. The summed E-state index contributed by atoms with van der Waals surface area (Å²) in [4.78, 5) is 34.7. The molecular weight excluding hydrogens is 761 g/mol. The minimum Gasteiger partial charge on any atom is -0.340 e. The lowest BCUT2D eigenvalue weighted by Crippen LogP contribution is -2.17. The van der Waals surface area contributed by atoms with Crippen LogP contribution in [0.5, 0.6) is 0 Å². The zero-order valence-electron chi connectivity index (χ0n) is 35.8. The molecule has 62 heavy (non-hydrogen) atoms. The Morgan fingerprint density at radius 1 is 0.339 bits per heavy atom. The van der Waals surface area contributed by atoms with E-state index in [1.165, 1.54) is 0 Å². The molecule has 0 saturated heterocycles. The second-order valence-corrected chi connectivity index (χ2v) is 16.4. The highest BCUT2D eigenvalue weighted by Gasteiger charge is 2.21. The van der Waals surface area contributed by atoms with Crippen molar-refractivity contribution in [2.75, 3.05) is 9.80 Å². The number of hydrogen-bond acceptors (Lipinski definition) is 4. The van der Waals surface area contributed by atoms with E-state index in [1.807, 2.05) is 84.9 Å². The molecule has 0 amide bonds. The summed E-state index contributed by atoms with van der Waals surface area (Å²) in [7, 11) is 0. The molecule has 7 aromatic carbocycles. The third-order valence-electron chi connectivity index (χ3n) is 12.3. The number of hydrogen-bond donors (Lipinski definition) is 0. The molecule has 0 fully saturated rings. The lowest BCUT2D eigenvalue weighted by molar-refractivity contribution is 0.600. The molecule has 2 aromatic heterocycles. The normalized spacial score (nSPS) is 11.5. The van der Waals surface area contributed by atoms with E-state index in [1.54, 1.807) is 0 Å². The number of aryl methyl sites for hydroxylation is 2. The predicted octanol–water partition coefficient (Wildman–Crippen LogP) is 14.7. The molecule has 310 valence electrons. The second kappa shape index (κ2) is 18.4. The van der Waals surface area contributed by atoms with Gasteiger partial charge in [0.15, 0.2) is 10.9 Å². The van der Waals surface area contributed by atoms with E-state index in [0.717, 1.165) is 121 Å². The van der Waals surface area contributed by atoms with Gasteiger partial charge in [0.2, 0.25) is 0 Å². The molecule has 0 aliphatic rings. The standard InChI is InChI=1S/C56H54N4O2/c1-3-5-7-21-35-57-51-33-31-45(59(41-23-13-9-14-24-41)42-25-15-10-16-26-42)37-47(51)55(61)49-40-54-50(39-53(49)57)56(62)48-38-46(32-34-52(48)58(54)36-22-8-6-4-2)60(43-27-17-11-18-28-43)44-29-19-12-20-30-44/h9-20,23-34,37-40H,3-8,21-22,35-36H2,1-2H3. The number of fused-ring (bicyclic) bond motifs is 4. The van der Waals surface area contributed by atoms with Crippen LogP contribution in [0.3, 0.4) is 0 Å². The molecule has 6 heteroatoms. The summed E-state index contributed by atoms with van der Waals surface area (Å²) in [5.41, 5.74) is 9.23. The molecule has 0 radical (unpaired) electrons. The van der Waals surface area contributed by atoms with E-state index >= 15 is 9.59 Å². The maximum Gasteiger partial charge on any atom is 0.197 e. The molecule has 6 nitrogen and oxygen atoms in total. The van der Waals surface area contributed by atoms with Crippen molar-refractivity contribution in [2.24, 2.45) is 0 Å². The quantitative estimate of drug-likeness (QED) is 0.0720. The summed E-state index contributed by atoms with van der Waals surface area (Å²) in [6, 6.07) is 57.9. The molecule has 0 atom stereocenters. The number of unbranched alkanes of at least 4 members (excludes halogenated alkanes) is 6. The lowest BCUT2D eigenvalue weighted by Gasteiger charge is -2.26. The first-order valence-corrected chi connectivity index (χ1v) is 22.5. The van der Waals surface area contributed by atoms with Crippen LogP contribution in [-0.2, 0) is 13.1 Å². The maximum atomic E-state index is 15.1. The van der Waals surface area contributed by atoms with Gasteiger partial charge in [-0.1, -0.05) is 125 Å². The number of benzene rings is 7. The first kappa shape index (κ1) is 40.5. The van der Waals surface area contributed by atoms with Gasteiger partial charge in [-0.05, 0) is 110 Å². The van der Waals surface area contributed by atoms with Crippen molar-refractivity contribution in [3.05, 3.63) is 190 Å². The van der Waals surface area contributed by atoms with Crippen LogP contribution in [0, 0.1) is 0 Å². The second-order valence-electron chi connectivity index (χ2n) is 16.4. The van der Waals surface area contributed by atoms with Crippen molar-refractivity contribution >= 4 is 77.7 Å². The highest BCUT2D eigenvalue weighted by atomic mass is 16.1. The topological polar surface area (TPSA) is 50.5 Å². The molecule has 9 rings (SSSR count). The number of para-hydroxylation sites is 4. The van der Waals surface area contributed by atoms with Gasteiger partial charge in [-0.3, -0.25) is 9.59 Å². The van der Waals surface area contributed by atoms with Gasteiger partial charge in [-0.25, -0.2) is 0 Å². The number of aromatic nitrogens is 2. The maximum absolute atomic E-state index is 15.1. The molecule has 0 spiro atoms. The molecule has 0 bridgehead atoms. The van der Waals surface area contributed by atoms with E-state index in [9.17, 15) is 0 Å². The Kier molecular flexibility index (Phi) is 12.0. The van der Waals surface area contributed by atoms with Crippen molar-refractivity contribution in [3.8, 4) is 0 Å². The molecule has 9 aromatic rings. The molecular formula is C56H54N4O2. The Hall–Kier alpha value is -6.92. The largest absolute Gasteiger partial charge is 0.340 e. The lowest BCUT2D eigenvalue weighted by atomic mass is 10.0. The summed E-state index contributed by atoms with van der Waals surface area (Å²) in [5.74, 6) is 0. The molecule has 0 aliphatic carbocycles. The van der Waals surface area contributed by atoms with Crippen molar-refractivity contribution < 1.29 is 0 Å². The van der Waals surface area contributed by atoms with Crippen molar-refractivity contribution in [1.29, 1.82) is 0 Å². The van der Waals surface area contributed by atoms with Gasteiger partial charge in [0, 0.05) is 68.8 Å². The highest BCUT2D eigenvalue weighted by molar-refractivity contribution is 6.05. The Morgan fingerprint density at radius 2 is 0.661 bits per heavy atom. The van der Waals surface area contributed by atoms with E-state index in [-0.39, 0.29) is 10.9 Å². The first-order valence-electron chi connectivity index (χ1n) is 22.5. The number of anilines is 6. The first-order chi connectivity index (χ1) is 30.6. The average molecular weight is 815 g/mol. The van der Waals surface area contributed by atoms with Crippen LogP contribution in [0.25, 0.3) is 43.6 Å². The summed E-state index contributed by atoms with van der Waals surface area (Å²) in [6.07, 6.45) is 8.67. The van der Waals surface area contributed by atoms with Crippen molar-refractivity contribution in [2.45, 2.75) is 78.3 Å². The molecule has 0 aliphatic heterocycles. The molecule has 0 N–H and O–H groups in total. The third kappa shape index (κ3) is 7.89. The van der Waals surface area contributed by atoms with Gasteiger partial charge >= 0.3 is 0 Å². The van der Waals surface area contributed by atoms with Crippen LogP contribution < -0.4 is 20.7 Å². The van der Waals surface area contributed by atoms with Gasteiger partial charge in [0.1, 0.15) is 0 Å². The minimum atomic E-state index is -0.0218. The third-order valence-corrected chi connectivity index (χ3v) is 12.3. The van der Waals surface area contributed by atoms with Gasteiger partial charge < -0.3 is 18.9 Å². The zero-order valence-corrected chi connectivity index (χ0v) is 35.8. The fourth-order valence-corrected chi connectivity index (χ4v) is 9.18. The van der Waals surface area contributed by atoms with Gasteiger partial charge in [0.05, 0.1) is 22.1 Å². The summed E-state index contributed by atoms with van der Waals surface area (Å²) >= 11 is 0. The molecule has 2 heterocycles. The summed E-state index contributed by atoms with van der Waals surface area (Å²) in [6.45, 7) is 5.94. The number of rotatable bonds is 16. The van der Waals surface area contributed by atoms with Crippen LogP contribution in [0.2, 0.25) is 0 Å². The van der Waals surface area contributed by atoms with Gasteiger partial charge in [-0.2, -0.15) is 0 Å². The van der Waals surface area contributed by atoms with Crippen LogP contribution in [0.15, 0.2) is 179 Å². The summed E-state index contributed by atoms with van der Waals surface area (Å²) in [5, 5.41) is 2.62. The van der Waals surface area contributed by atoms with Crippen LogP contribution in [0.1, 0.15) is 65.2 Å². The smallest absolute Gasteiger partial charge is 0.197 e. The van der Waals surface area contributed by atoms with Crippen LogP contribution in [-0.4, -0.2) is 9.13 Å². The Labute approximate surface area is 363 Å². The van der Waals surface area contributed by atoms with Crippen molar-refractivity contribution in [1.82, 2.24) is 9.13 Å². The molecule has 0 saturated carbocycles. The van der Waals surface area contributed by atoms with E-state index in [2.05, 4.69) is 118 Å². The SMILES string of the molecule is CCCCCCn1c2ccc(N(c3ccccc3)c3ccccc3)cc2c(=O)c2cc3c(cc21)c(=O)c1cc(N(c2ccccc2)c2ccccc2)ccc1n3CCCCCC. The Balaban J connectivity index is 1.29. The van der Waals surface area contributed by atoms with E-state index < -0.39 is 0 Å². The molecule has 0 unspecified atom stereocenters. The zero-order chi connectivity index (χ0) is 42.4. The average Bonchev–Trinajstić information content (AvgIpc) is 3.32. The predicted molar refractivity (Wildman–Crippen MR) is 263 cm³/mol.